The van der Waals surface area contributed by atoms with Crippen molar-refractivity contribution in [3.63, 3.8) is 0 Å². The number of hydrogen-bond donors (Lipinski definition) is 3. The molecule has 0 radical (unpaired) electrons. The highest BCUT2D eigenvalue weighted by atomic mass is 16.1. The van der Waals surface area contributed by atoms with Crippen LogP contribution in [0.4, 0.5) is 5.69 Å². The van der Waals surface area contributed by atoms with Crippen LogP contribution in [0.25, 0.3) is 11.4 Å². The molecule has 0 saturated heterocycles. The maximum Gasteiger partial charge on any atom is 0.225 e. The van der Waals surface area contributed by atoms with E-state index in [1.807, 2.05) is 38.1 Å². The van der Waals surface area contributed by atoms with Gasteiger partial charge in [0.25, 0.3) is 0 Å². The Hall–Kier alpha value is -2.28. The molecule has 0 spiro atoms. The predicted octanol–water partition coefficient (Wildman–Crippen LogP) is 1.19. The summed E-state index contributed by atoms with van der Waals surface area (Å²) in [6.07, 6.45) is 0.431. The van der Waals surface area contributed by atoms with Crippen molar-refractivity contribution >= 4 is 11.6 Å². The molecule has 0 fully saturated rings. The van der Waals surface area contributed by atoms with Crippen molar-refractivity contribution in [1.82, 2.24) is 25.9 Å². The standard InChI is InChI=1S/C13H18N6O/c1-3-14-9(2)7-12(20)15-11-6-4-5-10(8-11)13-16-18-19-17-13/h4-6,8-9,14H,3,7H2,1-2H3,(H,15,20)(H,16,17,18,19). The third kappa shape index (κ3) is 3.86. The van der Waals surface area contributed by atoms with Gasteiger partial charge in [-0.1, -0.05) is 19.1 Å². The SMILES string of the molecule is CCNC(C)CC(=O)Nc1cccc(-c2nn[nH]n2)c1. The number of H-pyrrole nitrogens is 1. The van der Waals surface area contributed by atoms with E-state index in [4.69, 9.17) is 0 Å². The molecular formula is C13H18N6O. The van der Waals surface area contributed by atoms with Crippen LogP contribution in [-0.4, -0.2) is 39.1 Å². The van der Waals surface area contributed by atoms with Gasteiger partial charge in [0.1, 0.15) is 0 Å². The third-order valence-corrected chi connectivity index (χ3v) is 2.79. The minimum absolute atomic E-state index is 0.0243. The van der Waals surface area contributed by atoms with Gasteiger partial charge in [-0.15, -0.1) is 10.2 Å². The van der Waals surface area contributed by atoms with E-state index in [9.17, 15) is 4.79 Å². The first-order valence-electron chi connectivity index (χ1n) is 6.56. The van der Waals surface area contributed by atoms with Gasteiger partial charge in [-0.2, -0.15) is 5.21 Å². The molecule has 1 aromatic heterocycles. The minimum Gasteiger partial charge on any atom is -0.326 e. The van der Waals surface area contributed by atoms with E-state index in [1.54, 1.807) is 0 Å². The van der Waals surface area contributed by atoms with Crippen LogP contribution in [0.3, 0.4) is 0 Å². The number of rotatable bonds is 6. The summed E-state index contributed by atoms with van der Waals surface area (Å²) in [5.41, 5.74) is 1.53. The molecule has 0 bridgehead atoms. The second-order valence-corrected chi connectivity index (χ2v) is 4.53. The average Bonchev–Trinajstić information content (AvgIpc) is 2.92. The zero-order valence-electron chi connectivity index (χ0n) is 11.6. The molecule has 7 heteroatoms. The lowest BCUT2D eigenvalue weighted by molar-refractivity contribution is -0.116. The number of aromatic nitrogens is 4. The first kappa shape index (κ1) is 14.1. The number of nitrogens with zero attached hydrogens (tertiary/aromatic N) is 3. The van der Waals surface area contributed by atoms with Crippen molar-refractivity contribution in [3.8, 4) is 11.4 Å². The Labute approximate surface area is 117 Å². The number of carbonyl (C=O) groups is 1. The van der Waals surface area contributed by atoms with Gasteiger partial charge in [-0.3, -0.25) is 4.79 Å². The van der Waals surface area contributed by atoms with Crippen LogP contribution in [0.5, 0.6) is 0 Å². The van der Waals surface area contributed by atoms with Crippen molar-refractivity contribution in [2.75, 3.05) is 11.9 Å². The van der Waals surface area contributed by atoms with Crippen molar-refractivity contribution in [2.45, 2.75) is 26.3 Å². The summed E-state index contributed by atoms with van der Waals surface area (Å²) in [6, 6.07) is 7.51. The topological polar surface area (TPSA) is 95.6 Å². The normalized spacial score (nSPS) is 12.1. The number of nitrogens with one attached hydrogen (secondary N) is 3. The van der Waals surface area contributed by atoms with Gasteiger partial charge in [-0.05, 0) is 30.8 Å². The molecule has 1 amide bonds. The number of carbonyl (C=O) groups excluding carboxylic acids is 1. The fourth-order valence-corrected chi connectivity index (χ4v) is 1.93. The van der Waals surface area contributed by atoms with E-state index in [1.165, 1.54) is 0 Å². The highest BCUT2D eigenvalue weighted by Gasteiger charge is 2.09. The minimum atomic E-state index is -0.0243. The van der Waals surface area contributed by atoms with Crippen molar-refractivity contribution in [2.24, 2.45) is 0 Å². The molecular weight excluding hydrogens is 256 g/mol. The molecule has 2 aromatic rings. The molecule has 1 atom stereocenters. The highest BCUT2D eigenvalue weighted by molar-refractivity contribution is 5.91. The van der Waals surface area contributed by atoms with Gasteiger partial charge in [0.2, 0.25) is 11.7 Å². The van der Waals surface area contributed by atoms with E-state index in [0.717, 1.165) is 17.8 Å². The number of benzene rings is 1. The molecule has 1 aromatic carbocycles. The van der Waals surface area contributed by atoms with Crippen LogP contribution < -0.4 is 10.6 Å². The Bertz CT molecular complexity index is 554. The van der Waals surface area contributed by atoms with Gasteiger partial charge in [0.05, 0.1) is 0 Å². The summed E-state index contributed by atoms with van der Waals surface area (Å²) in [5.74, 6) is 0.478. The molecule has 0 aliphatic heterocycles. The number of tetrazole rings is 1. The Balaban J connectivity index is 1.99. The monoisotopic (exact) mass is 274 g/mol. The van der Waals surface area contributed by atoms with Gasteiger partial charge >= 0.3 is 0 Å². The van der Waals surface area contributed by atoms with Gasteiger partial charge in [-0.25, -0.2) is 0 Å². The number of hydrogen-bond acceptors (Lipinski definition) is 5. The van der Waals surface area contributed by atoms with E-state index in [0.29, 0.717) is 12.2 Å². The molecule has 106 valence electrons. The lowest BCUT2D eigenvalue weighted by Gasteiger charge is -2.12. The molecule has 7 nitrogen and oxygen atoms in total. The molecule has 2 rings (SSSR count). The molecule has 3 N–H and O–H groups in total. The van der Waals surface area contributed by atoms with Crippen LogP contribution in [-0.2, 0) is 4.79 Å². The molecule has 1 unspecified atom stereocenters. The van der Waals surface area contributed by atoms with Crippen LogP contribution in [0.1, 0.15) is 20.3 Å². The zero-order chi connectivity index (χ0) is 14.4. The van der Waals surface area contributed by atoms with Crippen molar-refractivity contribution in [1.29, 1.82) is 0 Å². The summed E-state index contributed by atoms with van der Waals surface area (Å²) < 4.78 is 0. The van der Waals surface area contributed by atoms with Crippen LogP contribution in [0.2, 0.25) is 0 Å². The van der Waals surface area contributed by atoms with E-state index in [2.05, 4.69) is 31.3 Å². The second-order valence-electron chi connectivity index (χ2n) is 4.53. The maximum atomic E-state index is 11.9. The van der Waals surface area contributed by atoms with Crippen LogP contribution in [0.15, 0.2) is 24.3 Å². The molecule has 0 saturated carbocycles. The van der Waals surface area contributed by atoms with Crippen molar-refractivity contribution < 1.29 is 4.79 Å². The first-order valence-corrected chi connectivity index (χ1v) is 6.56. The fraction of sp³-hybridized carbons (Fsp3) is 0.385. The summed E-state index contributed by atoms with van der Waals surface area (Å²) in [6.45, 7) is 4.85. The number of aromatic amines is 1. The molecule has 1 heterocycles. The highest BCUT2D eigenvalue weighted by Crippen LogP contribution is 2.18. The molecule has 0 aliphatic rings. The molecule has 20 heavy (non-hydrogen) atoms. The van der Waals surface area contributed by atoms with Gasteiger partial charge in [0, 0.05) is 23.7 Å². The molecule has 0 aliphatic carbocycles. The van der Waals surface area contributed by atoms with Crippen molar-refractivity contribution in [3.05, 3.63) is 24.3 Å². The average molecular weight is 274 g/mol. The Kier molecular flexibility index (Phi) is 4.78. The number of anilines is 1. The Morgan fingerprint density at radius 3 is 3.00 bits per heavy atom. The number of amides is 1. The quantitative estimate of drug-likeness (QED) is 0.735. The van der Waals surface area contributed by atoms with E-state index >= 15 is 0 Å². The third-order valence-electron chi connectivity index (χ3n) is 2.79. The lowest BCUT2D eigenvalue weighted by atomic mass is 10.1. The zero-order valence-corrected chi connectivity index (χ0v) is 11.6. The second kappa shape index (κ2) is 6.76. The summed E-state index contributed by atoms with van der Waals surface area (Å²) in [4.78, 5) is 11.9. The smallest absolute Gasteiger partial charge is 0.225 e. The first-order chi connectivity index (χ1) is 9.69. The fourth-order valence-electron chi connectivity index (χ4n) is 1.93. The van der Waals surface area contributed by atoms with Gasteiger partial charge in [0.15, 0.2) is 0 Å². The van der Waals surface area contributed by atoms with E-state index < -0.39 is 0 Å². The lowest BCUT2D eigenvalue weighted by Crippen LogP contribution is -2.30. The summed E-state index contributed by atoms with van der Waals surface area (Å²) in [7, 11) is 0. The predicted molar refractivity (Wildman–Crippen MR) is 76.0 cm³/mol. The van der Waals surface area contributed by atoms with E-state index in [-0.39, 0.29) is 11.9 Å². The van der Waals surface area contributed by atoms with Crippen LogP contribution in [0, 0.1) is 0 Å². The largest absolute Gasteiger partial charge is 0.326 e. The summed E-state index contributed by atoms with van der Waals surface area (Å²) in [5, 5.41) is 19.8. The Morgan fingerprint density at radius 2 is 2.30 bits per heavy atom. The summed E-state index contributed by atoms with van der Waals surface area (Å²) >= 11 is 0. The Morgan fingerprint density at radius 1 is 1.45 bits per heavy atom. The van der Waals surface area contributed by atoms with Crippen LogP contribution >= 0.6 is 0 Å². The van der Waals surface area contributed by atoms with Gasteiger partial charge < -0.3 is 10.6 Å². The maximum absolute atomic E-state index is 11.9.